The molecular formula is C29H48N4O5. The number of nitrogens with two attached hydrogens (primary N) is 1. The molecule has 2 unspecified atom stereocenters. The van der Waals surface area contributed by atoms with Crippen molar-refractivity contribution in [3.05, 3.63) is 35.4 Å². The van der Waals surface area contributed by atoms with E-state index in [2.05, 4.69) is 17.6 Å². The van der Waals surface area contributed by atoms with E-state index < -0.39 is 47.6 Å². The van der Waals surface area contributed by atoms with Gasteiger partial charge in [0.25, 0.3) is 0 Å². The lowest BCUT2D eigenvalue weighted by Gasteiger charge is -2.36. The topological polar surface area (TPSA) is 131 Å². The molecule has 4 amide bonds. The van der Waals surface area contributed by atoms with Crippen molar-refractivity contribution >= 4 is 23.8 Å². The van der Waals surface area contributed by atoms with Crippen molar-refractivity contribution < 1.29 is 23.9 Å². The van der Waals surface area contributed by atoms with E-state index in [1.54, 1.807) is 20.8 Å². The second-order valence-electron chi connectivity index (χ2n) is 11.9. The van der Waals surface area contributed by atoms with Crippen LogP contribution in [0.2, 0.25) is 0 Å². The Balaban J connectivity index is 3.49. The van der Waals surface area contributed by atoms with Gasteiger partial charge < -0.3 is 26.0 Å². The Morgan fingerprint density at radius 2 is 1.53 bits per heavy atom. The highest BCUT2D eigenvalue weighted by Gasteiger charge is 2.37. The Morgan fingerprint density at radius 3 is 2.03 bits per heavy atom. The van der Waals surface area contributed by atoms with E-state index in [9.17, 15) is 19.2 Å². The van der Waals surface area contributed by atoms with Gasteiger partial charge in [0.05, 0.1) is 6.42 Å². The minimum absolute atomic E-state index is 0.268. The number of amides is 4. The standard InChI is InChI=1S/C29H48N4O5/c1-9-10-11-12-13-18-33(26(36)22(19-23(30)34)31-27(37)38-29(6,7)8)24(25(35)32-28(3,4)5)21-16-14-20(2)15-17-21/h14-17,22,24H,9-13,18-19H2,1-8H3,(H2,30,34)(H,31,37)(H,32,35). The van der Waals surface area contributed by atoms with Gasteiger partial charge in [-0.3, -0.25) is 14.4 Å². The highest BCUT2D eigenvalue weighted by atomic mass is 16.6. The number of carbonyl (C=O) groups excluding carboxylic acids is 4. The zero-order chi connectivity index (χ0) is 29.1. The summed E-state index contributed by atoms with van der Waals surface area (Å²) in [7, 11) is 0. The molecule has 4 N–H and O–H groups in total. The van der Waals surface area contributed by atoms with Gasteiger partial charge in [-0.1, -0.05) is 62.4 Å². The summed E-state index contributed by atoms with van der Waals surface area (Å²) in [6.45, 7) is 15.0. The monoisotopic (exact) mass is 532 g/mol. The minimum Gasteiger partial charge on any atom is -0.444 e. The van der Waals surface area contributed by atoms with Crippen LogP contribution in [0.1, 0.15) is 104 Å². The summed E-state index contributed by atoms with van der Waals surface area (Å²) in [4.78, 5) is 53.6. The van der Waals surface area contributed by atoms with E-state index in [0.29, 0.717) is 12.0 Å². The highest BCUT2D eigenvalue weighted by Crippen LogP contribution is 2.25. The Morgan fingerprint density at radius 1 is 0.947 bits per heavy atom. The molecule has 214 valence electrons. The fourth-order valence-corrected chi connectivity index (χ4v) is 3.96. The van der Waals surface area contributed by atoms with Crippen LogP contribution in [0.15, 0.2) is 24.3 Å². The van der Waals surface area contributed by atoms with Crippen molar-refractivity contribution in [2.75, 3.05) is 6.54 Å². The van der Waals surface area contributed by atoms with Gasteiger partial charge in [0.15, 0.2) is 0 Å². The normalized spacial score (nSPS) is 13.3. The van der Waals surface area contributed by atoms with Gasteiger partial charge in [-0.05, 0) is 60.5 Å². The molecule has 1 rings (SSSR count). The second-order valence-corrected chi connectivity index (χ2v) is 11.9. The molecule has 0 aliphatic rings. The van der Waals surface area contributed by atoms with Gasteiger partial charge >= 0.3 is 6.09 Å². The molecule has 38 heavy (non-hydrogen) atoms. The fourth-order valence-electron chi connectivity index (χ4n) is 3.96. The number of unbranched alkanes of at least 4 members (excludes halogenated alkanes) is 4. The first-order valence-electron chi connectivity index (χ1n) is 13.5. The molecule has 0 aliphatic heterocycles. The molecule has 0 saturated heterocycles. The van der Waals surface area contributed by atoms with E-state index in [1.807, 2.05) is 52.0 Å². The molecule has 9 heteroatoms. The zero-order valence-corrected chi connectivity index (χ0v) is 24.5. The van der Waals surface area contributed by atoms with Gasteiger partial charge in [-0.25, -0.2) is 4.79 Å². The minimum atomic E-state index is -1.28. The zero-order valence-electron chi connectivity index (χ0n) is 24.5. The van der Waals surface area contributed by atoms with Crippen molar-refractivity contribution in [3.63, 3.8) is 0 Å². The second kappa shape index (κ2) is 14.7. The molecule has 0 heterocycles. The SMILES string of the molecule is CCCCCCCN(C(=O)C(CC(N)=O)NC(=O)OC(C)(C)C)C(C(=O)NC(C)(C)C)c1ccc(C)cc1. The first-order valence-corrected chi connectivity index (χ1v) is 13.5. The summed E-state index contributed by atoms with van der Waals surface area (Å²) in [6.07, 6.45) is 3.42. The quantitative estimate of drug-likeness (QED) is 0.322. The summed E-state index contributed by atoms with van der Waals surface area (Å²) >= 11 is 0. The van der Waals surface area contributed by atoms with Crippen molar-refractivity contribution in [2.24, 2.45) is 5.73 Å². The molecule has 9 nitrogen and oxygen atoms in total. The average molecular weight is 533 g/mol. The molecular weight excluding hydrogens is 484 g/mol. The van der Waals surface area contributed by atoms with Crippen LogP contribution in [-0.2, 0) is 19.1 Å². The summed E-state index contributed by atoms with van der Waals surface area (Å²) < 4.78 is 5.32. The van der Waals surface area contributed by atoms with E-state index >= 15 is 0 Å². The fraction of sp³-hybridized carbons (Fsp3) is 0.655. The number of aryl methyl sites for hydroxylation is 1. The first-order chi connectivity index (χ1) is 17.5. The Hall–Kier alpha value is -3.10. The van der Waals surface area contributed by atoms with Crippen LogP contribution in [0.4, 0.5) is 4.79 Å². The number of hydrogen-bond donors (Lipinski definition) is 3. The lowest BCUT2D eigenvalue weighted by atomic mass is 9.98. The van der Waals surface area contributed by atoms with Crippen LogP contribution in [-0.4, -0.2) is 52.4 Å². The predicted octanol–water partition coefficient (Wildman–Crippen LogP) is 4.52. The maximum absolute atomic E-state index is 14.0. The number of rotatable bonds is 13. The third kappa shape index (κ3) is 12.4. The molecule has 1 aromatic rings. The number of primary amides is 1. The summed E-state index contributed by atoms with van der Waals surface area (Å²) in [6, 6.07) is 5.17. The molecule has 1 aromatic carbocycles. The van der Waals surface area contributed by atoms with Crippen molar-refractivity contribution in [3.8, 4) is 0 Å². The van der Waals surface area contributed by atoms with Crippen molar-refractivity contribution in [1.82, 2.24) is 15.5 Å². The maximum Gasteiger partial charge on any atom is 0.408 e. The lowest BCUT2D eigenvalue weighted by molar-refractivity contribution is -0.144. The molecule has 0 aromatic heterocycles. The summed E-state index contributed by atoms with van der Waals surface area (Å²) in [5.74, 6) is -1.67. The van der Waals surface area contributed by atoms with E-state index in [-0.39, 0.29) is 12.5 Å². The Kier molecular flexibility index (Phi) is 12.8. The van der Waals surface area contributed by atoms with Gasteiger partial charge in [-0.15, -0.1) is 0 Å². The number of carbonyl (C=O) groups is 4. The number of nitrogens with zero attached hydrogens (tertiary/aromatic N) is 1. The van der Waals surface area contributed by atoms with Crippen molar-refractivity contribution in [2.45, 2.75) is 117 Å². The smallest absolute Gasteiger partial charge is 0.408 e. The largest absolute Gasteiger partial charge is 0.444 e. The Labute approximate surface area is 228 Å². The van der Waals surface area contributed by atoms with Gasteiger partial charge in [0.2, 0.25) is 17.7 Å². The van der Waals surface area contributed by atoms with Crippen LogP contribution in [0.5, 0.6) is 0 Å². The molecule has 0 saturated carbocycles. The molecule has 0 spiro atoms. The van der Waals surface area contributed by atoms with E-state index in [1.165, 1.54) is 4.90 Å². The number of alkyl carbamates (subject to hydrolysis) is 1. The van der Waals surface area contributed by atoms with Crippen LogP contribution in [0, 0.1) is 6.92 Å². The van der Waals surface area contributed by atoms with Gasteiger partial charge in [0.1, 0.15) is 17.7 Å². The molecule has 0 bridgehead atoms. The van der Waals surface area contributed by atoms with Gasteiger partial charge in [-0.2, -0.15) is 0 Å². The summed E-state index contributed by atoms with van der Waals surface area (Å²) in [5, 5.41) is 5.51. The predicted molar refractivity (Wildman–Crippen MR) is 149 cm³/mol. The van der Waals surface area contributed by atoms with Crippen LogP contribution < -0.4 is 16.4 Å². The number of ether oxygens (including phenoxy) is 1. The lowest BCUT2D eigenvalue weighted by Crippen LogP contribution is -2.55. The number of hydrogen-bond acceptors (Lipinski definition) is 5. The maximum atomic E-state index is 14.0. The first kappa shape index (κ1) is 32.9. The van der Waals surface area contributed by atoms with Crippen LogP contribution >= 0.6 is 0 Å². The van der Waals surface area contributed by atoms with Crippen LogP contribution in [0.25, 0.3) is 0 Å². The Bertz CT molecular complexity index is 932. The third-order valence-corrected chi connectivity index (χ3v) is 5.63. The van der Waals surface area contributed by atoms with Gasteiger partial charge in [0, 0.05) is 12.1 Å². The third-order valence-electron chi connectivity index (χ3n) is 5.63. The van der Waals surface area contributed by atoms with E-state index in [0.717, 1.165) is 31.2 Å². The number of benzene rings is 1. The molecule has 2 atom stereocenters. The highest BCUT2D eigenvalue weighted by molar-refractivity contribution is 5.94. The van der Waals surface area contributed by atoms with E-state index in [4.69, 9.17) is 10.5 Å². The average Bonchev–Trinajstić information content (AvgIpc) is 2.75. The molecule has 0 fully saturated rings. The summed E-state index contributed by atoms with van der Waals surface area (Å²) in [5.41, 5.74) is 5.75. The van der Waals surface area contributed by atoms with Crippen molar-refractivity contribution in [1.29, 1.82) is 0 Å². The van der Waals surface area contributed by atoms with Crippen LogP contribution in [0.3, 0.4) is 0 Å². The molecule has 0 radical (unpaired) electrons. The molecule has 0 aliphatic carbocycles. The number of nitrogens with one attached hydrogen (secondary N) is 2.